The highest BCUT2D eigenvalue weighted by atomic mass is 16.5. The average Bonchev–Trinajstić information content (AvgIpc) is 2.65. The minimum absolute atomic E-state index is 0.0483. The van der Waals surface area contributed by atoms with Crippen molar-refractivity contribution in [3.63, 3.8) is 0 Å². The standard InChI is InChI=1S/C19H19N3O4/c1-5-8-22-18(23)14(10-20)12(2)15(19(22)24)11-21-16-7-6-13(25-3)9-17(16)26-4/h5-7,9,11,24H,1,8H2,2-4H3. The van der Waals surface area contributed by atoms with Crippen molar-refractivity contribution in [3.05, 3.63) is 57.9 Å². The molecule has 1 aromatic heterocycles. The number of pyridine rings is 1. The van der Waals surface area contributed by atoms with Crippen LogP contribution in [-0.4, -0.2) is 30.1 Å². The van der Waals surface area contributed by atoms with Crippen molar-refractivity contribution in [1.29, 1.82) is 5.26 Å². The molecule has 0 saturated carbocycles. The van der Waals surface area contributed by atoms with Gasteiger partial charge in [-0.25, -0.2) is 0 Å². The topological polar surface area (TPSA) is 96.8 Å². The highest BCUT2D eigenvalue weighted by molar-refractivity contribution is 5.88. The van der Waals surface area contributed by atoms with Gasteiger partial charge in [-0.2, -0.15) is 5.26 Å². The molecule has 0 saturated heterocycles. The van der Waals surface area contributed by atoms with Gasteiger partial charge in [-0.1, -0.05) is 6.08 Å². The van der Waals surface area contributed by atoms with Gasteiger partial charge in [0.15, 0.2) is 0 Å². The summed E-state index contributed by atoms with van der Waals surface area (Å²) >= 11 is 0. The average molecular weight is 353 g/mol. The molecule has 0 aliphatic rings. The molecular weight excluding hydrogens is 334 g/mol. The lowest BCUT2D eigenvalue weighted by Crippen LogP contribution is -2.24. The SMILES string of the molecule is C=CCn1c(O)c(C=Nc2ccc(OC)cc2OC)c(C)c(C#N)c1=O. The van der Waals surface area contributed by atoms with Crippen molar-refractivity contribution in [2.75, 3.05) is 14.2 Å². The summed E-state index contributed by atoms with van der Waals surface area (Å²) in [7, 11) is 3.06. The Labute approximate surface area is 151 Å². The van der Waals surface area contributed by atoms with Gasteiger partial charge in [-0.05, 0) is 24.6 Å². The van der Waals surface area contributed by atoms with Crippen molar-refractivity contribution in [1.82, 2.24) is 4.57 Å². The summed E-state index contributed by atoms with van der Waals surface area (Å²) in [6.07, 6.45) is 2.86. The van der Waals surface area contributed by atoms with Crippen LogP contribution in [0.5, 0.6) is 17.4 Å². The molecule has 2 aromatic rings. The molecule has 0 unspecified atom stereocenters. The van der Waals surface area contributed by atoms with Crippen LogP contribution in [0.15, 0.2) is 40.6 Å². The van der Waals surface area contributed by atoms with Gasteiger partial charge in [0.05, 0.1) is 19.8 Å². The minimum atomic E-state index is -0.568. The highest BCUT2D eigenvalue weighted by Crippen LogP contribution is 2.32. The number of hydrogen-bond acceptors (Lipinski definition) is 6. The third kappa shape index (κ3) is 3.44. The molecule has 0 bridgehead atoms. The van der Waals surface area contributed by atoms with Crippen molar-refractivity contribution >= 4 is 11.9 Å². The summed E-state index contributed by atoms with van der Waals surface area (Å²) in [5.74, 6) is 0.825. The second-order valence-electron chi connectivity index (χ2n) is 5.35. The van der Waals surface area contributed by atoms with E-state index < -0.39 is 5.56 Å². The van der Waals surface area contributed by atoms with E-state index in [1.54, 1.807) is 32.2 Å². The van der Waals surface area contributed by atoms with Crippen molar-refractivity contribution in [2.45, 2.75) is 13.5 Å². The molecule has 7 heteroatoms. The van der Waals surface area contributed by atoms with E-state index in [0.29, 0.717) is 22.7 Å². The molecule has 0 amide bonds. The largest absolute Gasteiger partial charge is 0.497 e. The van der Waals surface area contributed by atoms with Gasteiger partial charge in [0.1, 0.15) is 28.8 Å². The van der Waals surface area contributed by atoms with Crippen molar-refractivity contribution < 1.29 is 14.6 Å². The molecule has 2 rings (SSSR count). The van der Waals surface area contributed by atoms with Crippen molar-refractivity contribution in [3.8, 4) is 23.4 Å². The van der Waals surface area contributed by atoms with Crippen LogP contribution in [0.3, 0.4) is 0 Å². The number of allylic oxidation sites excluding steroid dienone is 1. The third-order valence-corrected chi connectivity index (χ3v) is 3.88. The first kappa shape index (κ1) is 18.8. The molecule has 134 valence electrons. The summed E-state index contributed by atoms with van der Waals surface area (Å²) in [6, 6.07) is 6.99. The van der Waals surface area contributed by atoms with Crippen LogP contribution in [0.2, 0.25) is 0 Å². The van der Waals surface area contributed by atoms with Crippen LogP contribution in [0.4, 0.5) is 5.69 Å². The lowest BCUT2D eigenvalue weighted by Gasteiger charge is -2.12. The fourth-order valence-electron chi connectivity index (χ4n) is 2.45. The fourth-order valence-corrected chi connectivity index (χ4v) is 2.45. The number of benzene rings is 1. The molecule has 0 spiro atoms. The zero-order valence-corrected chi connectivity index (χ0v) is 14.8. The van der Waals surface area contributed by atoms with Crippen LogP contribution >= 0.6 is 0 Å². The summed E-state index contributed by atoms with van der Waals surface area (Å²) < 4.78 is 11.5. The van der Waals surface area contributed by atoms with Gasteiger partial charge in [-0.15, -0.1) is 6.58 Å². The Bertz CT molecular complexity index is 968. The first-order valence-electron chi connectivity index (χ1n) is 7.71. The van der Waals surface area contributed by atoms with Gasteiger partial charge < -0.3 is 14.6 Å². The number of aromatic hydroxyl groups is 1. The Morgan fingerprint density at radius 3 is 2.69 bits per heavy atom. The highest BCUT2D eigenvalue weighted by Gasteiger charge is 2.17. The normalized spacial score (nSPS) is 10.5. The van der Waals surface area contributed by atoms with E-state index in [2.05, 4.69) is 11.6 Å². The lowest BCUT2D eigenvalue weighted by atomic mass is 10.1. The van der Waals surface area contributed by atoms with Gasteiger partial charge in [0.2, 0.25) is 5.88 Å². The number of hydrogen-bond donors (Lipinski definition) is 1. The van der Waals surface area contributed by atoms with E-state index in [0.717, 1.165) is 4.57 Å². The minimum Gasteiger partial charge on any atom is -0.497 e. The Hall–Kier alpha value is -3.53. The van der Waals surface area contributed by atoms with Crippen LogP contribution in [0.1, 0.15) is 16.7 Å². The summed E-state index contributed by atoms with van der Waals surface area (Å²) in [6.45, 7) is 5.23. The quantitative estimate of drug-likeness (QED) is 0.636. The third-order valence-electron chi connectivity index (χ3n) is 3.88. The number of ether oxygens (including phenoxy) is 2. The predicted molar refractivity (Wildman–Crippen MR) is 98.8 cm³/mol. The van der Waals surface area contributed by atoms with Crippen LogP contribution < -0.4 is 15.0 Å². The van der Waals surface area contributed by atoms with E-state index in [-0.39, 0.29) is 23.6 Å². The monoisotopic (exact) mass is 353 g/mol. The van der Waals surface area contributed by atoms with Gasteiger partial charge >= 0.3 is 0 Å². The number of nitrogens with zero attached hydrogens (tertiary/aromatic N) is 3. The lowest BCUT2D eigenvalue weighted by molar-refractivity contribution is 0.395. The maximum Gasteiger partial charge on any atom is 0.271 e. The maximum atomic E-state index is 12.3. The van der Waals surface area contributed by atoms with E-state index in [1.165, 1.54) is 19.4 Å². The van der Waals surface area contributed by atoms with E-state index in [4.69, 9.17) is 9.47 Å². The molecule has 26 heavy (non-hydrogen) atoms. The first-order valence-corrected chi connectivity index (χ1v) is 7.71. The maximum absolute atomic E-state index is 12.3. The van der Waals surface area contributed by atoms with Crippen molar-refractivity contribution in [2.24, 2.45) is 4.99 Å². The molecule has 1 N–H and O–H groups in total. The van der Waals surface area contributed by atoms with E-state index in [9.17, 15) is 15.2 Å². The zero-order chi connectivity index (χ0) is 19.3. The fraction of sp³-hybridized carbons (Fsp3) is 0.211. The number of aromatic nitrogens is 1. The smallest absolute Gasteiger partial charge is 0.271 e. The zero-order valence-electron chi connectivity index (χ0n) is 14.8. The van der Waals surface area contributed by atoms with Crippen LogP contribution in [-0.2, 0) is 6.54 Å². The number of nitriles is 1. The summed E-state index contributed by atoms with van der Waals surface area (Å²) in [4.78, 5) is 16.6. The Kier molecular flexibility index (Phi) is 5.81. The summed E-state index contributed by atoms with van der Waals surface area (Å²) in [5.41, 5.74) is 0.522. The molecule has 1 aromatic carbocycles. The molecule has 0 atom stereocenters. The summed E-state index contributed by atoms with van der Waals surface area (Å²) in [5, 5.41) is 19.7. The Morgan fingerprint density at radius 2 is 2.12 bits per heavy atom. The molecule has 0 fully saturated rings. The van der Waals surface area contributed by atoms with Gasteiger partial charge in [-0.3, -0.25) is 14.4 Å². The van der Waals surface area contributed by atoms with E-state index in [1.807, 2.05) is 6.07 Å². The van der Waals surface area contributed by atoms with Crippen LogP contribution in [0.25, 0.3) is 0 Å². The number of rotatable bonds is 6. The molecule has 7 nitrogen and oxygen atoms in total. The Morgan fingerprint density at radius 1 is 1.38 bits per heavy atom. The van der Waals surface area contributed by atoms with Gasteiger partial charge in [0, 0.05) is 18.8 Å². The first-order chi connectivity index (χ1) is 12.5. The molecule has 1 heterocycles. The molecular formula is C19H19N3O4. The predicted octanol–water partition coefficient (Wildman–Crippen LogP) is 2.69. The van der Waals surface area contributed by atoms with Gasteiger partial charge in [0.25, 0.3) is 5.56 Å². The van der Waals surface area contributed by atoms with E-state index >= 15 is 0 Å². The second-order valence-corrected chi connectivity index (χ2v) is 5.35. The van der Waals surface area contributed by atoms with Crippen LogP contribution in [0, 0.1) is 18.3 Å². The number of methoxy groups -OCH3 is 2. The second kappa shape index (κ2) is 8.03. The molecule has 0 aliphatic carbocycles. The number of aliphatic imine (C=N–C) groups is 1. The molecule has 0 radical (unpaired) electrons. The molecule has 0 aliphatic heterocycles. The Balaban J connectivity index is 2.61.